The number of aromatic nitrogens is 4. The van der Waals surface area contributed by atoms with E-state index in [-0.39, 0.29) is 10.8 Å². The Hall–Kier alpha value is -1.67. The molecule has 0 aliphatic rings. The normalized spacial score (nSPS) is 10.6. The Morgan fingerprint density at radius 2 is 2.33 bits per heavy atom. The van der Waals surface area contributed by atoms with Gasteiger partial charge in [-0.25, -0.2) is 4.39 Å². The van der Waals surface area contributed by atoms with Crippen molar-refractivity contribution in [2.75, 3.05) is 5.75 Å². The SMILES string of the molecule is O=C(O)CSc1nnnn1-c1ccc(F)c(Cl)c1. The Bertz CT molecular complexity index is 592. The lowest BCUT2D eigenvalue weighted by molar-refractivity contribution is -0.133. The van der Waals surface area contributed by atoms with Crippen LogP contribution in [0, 0.1) is 5.82 Å². The van der Waals surface area contributed by atoms with Crippen LogP contribution in [0.1, 0.15) is 0 Å². The number of aliphatic carboxylic acids is 1. The van der Waals surface area contributed by atoms with Gasteiger partial charge in [-0.3, -0.25) is 4.79 Å². The lowest BCUT2D eigenvalue weighted by atomic mass is 10.3. The molecule has 1 aromatic heterocycles. The molecule has 2 aromatic rings. The van der Waals surface area contributed by atoms with Crippen molar-refractivity contribution >= 4 is 29.3 Å². The van der Waals surface area contributed by atoms with Gasteiger partial charge in [0.05, 0.1) is 16.5 Å². The Morgan fingerprint density at radius 1 is 1.56 bits per heavy atom. The van der Waals surface area contributed by atoms with Crippen LogP contribution >= 0.6 is 23.4 Å². The van der Waals surface area contributed by atoms with Crippen LogP contribution in [-0.2, 0) is 4.79 Å². The summed E-state index contributed by atoms with van der Waals surface area (Å²) in [5, 5.41) is 19.6. The predicted octanol–water partition coefficient (Wildman–Crippen LogP) is 1.63. The van der Waals surface area contributed by atoms with Gasteiger partial charge in [-0.05, 0) is 28.6 Å². The number of carboxylic acids is 1. The summed E-state index contributed by atoms with van der Waals surface area (Å²) in [5.74, 6) is -1.70. The number of halogens is 2. The number of hydrogen-bond donors (Lipinski definition) is 1. The zero-order valence-corrected chi connectivity index (χ0v) is 10.3. The molecule has 0 atom stereocenters. The molecular weight excluding hydrogens is 283 g/mol. The maximum Gasteiger partial charge on any atom is 0.313 e. The molecule has 0 amide bonds. The highest BCUT2D eigenvalue weighted by molar-refractivity contribution is 7.99. The quantitative estimate of drug-likeness (QED) is 0.861. The van der Waals surface area contributed by atoms with E-state index in [1.54, 1.807) is 0 Å². The molecule has 6 nitrogen and oxygen atoms in total. The first-order chi connectivity index (χ1) is 8.58. The van der Waals surface area contributed by atoms with Crippen molar-refractivity contribution in [1.29, 1.82) is 0 Å². The number of benzene rings is 1. The van der Waals surface area contributed by atoms with Crippen LogP contribution in [0.15, 0.2) is 23.4 Å². The monoisotopic (exact) mass is 288 g/mol. The highest BCUT2D eigenvalue weighted by Crippen LogP contribution is 2.22. The molecular formula is C9H6ClFN4O2S. The number of nitrogens with zero attached hydrogens (tertiary/aromatic N) is 4. The van der Waals surface area contributed by atoms with Gasteiger partial charge >= 0.3 is 5.97 Å². The number of hydrogen-bond acceptors (Lipinski definition) is 5. The van der Waals surface area contributed by atoms with Gasteiger partial charge in [-0.2, -0.15) is 4.68 Å². The average Bonchev–Trinajstić information content (AvgIpc) is 2.78. The fraction of sp³-hybridized carbons (Fsp3) is 0.111. The molecule has 94 valence electrons. The molecule has 9 heteroatoms. The van der Waals surface area contributed by atoms with E-state index >= 15 is 0 Å². The summed E-state index contributed by atoms with van der Waals surface area (Å²) in [6.45, 7) is 0. The van der Waals surface area contributed by atoms with Gasteiger partial charge in [0.15, 0.2) is 0 Å². The molecule has 0 fully saturated rings. The van der Waals surface area contributed by atoms with E-state index in [1.807, 2.05) is 0 Å². The summed E-state index contributed by atoms with van der Waals surface area (Å²) in [6.07, 6.45) is 0. The van der Waals surface area contributed by atoms with E-state index in [9.17, 15) is 9.18 Å². The van der Waals surface area contributed by atoms with Crippen LogP contribution in [0.5, 0.6) is 0 Å². The summed E-state index contributed by atoms with van der Waals surface area (Å²) in [7, 11) is 0. The molecule has 2 rings (SSSR count). The third-order valence-corrected chi connectivity index (χ3v) is 3.11. The molecule has 1 N–H and O–H groups in total. The van der Waals surface area contributed by atoms with E-state index in [4.69, 9.17) is 16.7 Å². The molecule has 1 aromatic carbocycles. The molecule has 0 bridgehead atoms. The van der Waals surface area contributed by atoms with Gasteiger partial charge in [0.25, 0.3) is 0 Å². The van der Waals surface area contributed by atoms with Crippen molar-refractivity contribution in [1.82, 2.24) is 20.2 Å². The summed E-state index contributed by atoms with van der Waals surface area (Å²) in [4.78, 5) is 10.5. The molecule has 0 aliphatic heterocycles. The molecule has 0 unspecified atom stereocenters. The van der Waals surface area contributed by atoms with Gasteiger partial charge in [0.1, 0.15) is 5.82 Å². The second kappa shape index (κ2) is 5.32. The summed E-state index contributed by atoms with van der Waals surface area (Å²) in [6, 6.07) is 3.99. The third-order valence-electron chi connectivity index (χ3n) is 1.91. The molecule has 0 radical (unpaired) electrons. The molecule has 0 saturated heterocycles. The van der Waals surface area contributed by atoms with E-state index < -0.39 is 11.8 Å². The molecule has 0 aliphatic carbocycles. The van der Waals surface area contributed by atoms with Crippen LogP contribution in [0.4, 0.5) is 4.39 Å². The van der Waals surface area contributed by atoms with Crippen LogP contribution < -0.4 is 0 Å². The average molecular weight is 289 g/mol. The first-order valence-electron chi connectivity index (χ1n) is 4.66. The van der Waals surface area contributed by atoms with Gasteiger partial charge in [-0.1, -0.05) is 23.4 Å². The van der Waals surface area contributed by atoms with Crippen LogP contribution in [0.3, 0.4) is 0 Å². The van der Waals surface area contributed by atoms with Crippen LogP contribution in [-0.4, -0.2) is 37.0 Å². The number of carbonyl (C=O) groups is 1. The van der Waals surface area contributed by atoms with E-state index in [2.05, 4.69) is 15.5 Å². The fourth-order valence-electron chi connectivity index (χ4n) is 1.17. The third kappa shape index (κ3) is 2.77. The van der Waals surface area contributed by atoms with Gasteiger partial charge in [0, 0.05) is 0 Å². The lowest BCUT2D eigenvalue weighted by Crippen LogP contribution is -2.03. The Morgan fingerprint density at radius 3 is 3.00 bits per heavy atom. The lowest BCUT2D eigenvalue weighted by Gasteiger charge is -2.03. The molecule has 1 heterocycles. The Labute approximate surface area is 110 Å². The maximum atomic E-state index is 13.0. The van der Waals surface area contributed by atoms with Crippen LogP contribution in [0.25, 0.3) is 5.69 Å². The smallest absolute Gasteiger partial charge is 0.313 e. The molecule has 0 spiro atoms. The van der Waals surface area contributed by atoms with Crippen molar-refractivity contribution in [2.24, 2.45) is 0 Å². The fourth-order valence-corrected chi connectivity index (χ4v) is 1.96. The zero-order chi connectivity index (χ0) is 13.1. The number of rotatable bonds is 4. The minimum Gasteiger partial charge on any atom is -0.481 e. The van der Waals surface area contributed by atoms with Crippen molar-refractivity contribution < 1.29 is 14.3 Å². The summed E-state index contributed by atoms with van der Waals surface area (Å²) < 4.78 is 14.3. The first-order valence-corrected chi connectivity index (χ1v) is 6.02. The largest absolute Gasteiger partial charge is 0.481 e. The van der Waals surface area contributed by atoms with Crippen molar-refractivity contribution in [3.63, 3.8) is 0 Å². The van der Waals surface area contributed by atoms with Gasteiger partial charge in [0.2, 0.25) is 5.16 Å². The van der Waals surface area contributed by atoms with Gasteiger partial charge < -0.3 is 5.11 Å². The Balaban J connectivity index is 2.30. The van der Waals surface area contributed by atoms with Crippen molar-refractivity contribution in [2.45, 2.75) is 5.16 Å². The second-order valence-electron chi connectivity index (χ2n) is 3.15. The minimum atomic E-state index is -0.980. The van der Waals surface area contributed by atoms with Crippen LogP contribution in [0.2, 0.25) is 5.02 Å². The highest BCUT2D eigenvalue weighted by Gasteiger charge is 2.12. The molecule has 18 heavy (non-hydrogen) atoms. The summed E-state index contributed by atoms with van der Waals surface area (Å²) >= 11 is 6.61. The molecule has 0 saturated carbocycles. The second-order valence-corrected chi connectivity index (χ2v) is 4.50. The van der Waals surface area contributed by atoms with E-state index in [1.165, 1.54) is 22.9 Å². The standard InChI is InChI=1S/C9H6ClFN4O2S/c10-6-3-5(1-2-7(6)11)15-9(12-13-14-15)18-4-8(16)17/h1-3H,4H2,(H,16,17). The minimum absolute atomic E-state index is 0.0582. The topological polar surface area (TPSA) is 80.9 Å². The van der Waals surface area contributed by atoms with Crippen molar-refractivity contribution in [3.8, 4) is 5.69 Å². The van der Waals surface area contributed by atoms with E-state index in [0.29, 0.717) is 10.8 Å². The first kappa shape index (κ1) is 12.8. The highest BCUT2D eigenvalue weighted by atomic mass is 35.5. The van der Waals surface area contributed by atoms with Crippen molar-refractivity contribution in [3.05, 3.63) is 29.0 Å². The zero-order valence-electron chi connectivity index (χ0n) is 8.75. The van der Waals surface area contributed by atoms with Gasteiger partial charge in [-0.15, -0.1) is 5.10 Å². The predicted molar refractivity (Wildman–Crippen MR) is 62.5 cm³/mol. The van der Waals surface area contributed by atoms with E-state index in [0.717, 1.165) is 11.8 Å². The summed E-state index contributed by atoms with van der Waals surface area (Å²) in [5.41, 5.74) is 0.458. The number of tetrazole rings is 1. The maximum absolute atomic E-state index is 13.0. The Kier molecular flexibility index (Phi) is 3.78. The number of carboxylic acid groups (broad SMARTS) is 1. The number of thioether (sulfide) groups is 1.